The summed E-state index contributed by atoms with van der Waals surface area (Å²) in [7, 11) is 1.65. The van der Waals surface area contributed by atoms with E-state index in [-0.39, 0.29) is 0 Å². The van der Waals surface area contributed by atoms with Crippen LogP contribution in [0.1, 0.15) is 19.7 Å². The van der Waals surface area contributed by atoms with E-state index in [9.17, 15) is 0 Å². The summed E-state index contributed by atoms with van der Waals surface area (Å²) < 4.78 is 17.1. The molecular weight excluding hydrogens is 382 g/mol. The minimum absolute atomic E-state index is 0.315. The molecule has 0 saturated carbocycles. The Bertz CT molecular complexity index is 786. The van der Waals surface area contributed by atoms with E-state index in [4.69, 9.17) is 13.9 Å². The highest BCUT2D eigenvalue weighted by Gasteiger charge is 2.26. The average molecular weight is 416 g/mol. The molecule has 2 aliphatic rings. The third-order valence-electron chi connectivity index (χ3n) is 5.99. The highest BCUT2D eigenvalue weighted by molar-refractivity contribution is 5.53. The number of ether oxygens (including phenoxy) is 2. The largest absolute Gasteiger partial charge is 0.497 e. The van der Waals surface area contributed by atoms with Crippen LogP contribution in [-0.2, 0) is 11.3 Å². The number of aromatic nitrogens is 2. The van der Waals surface area contributed by atoms with E-state index in [0.29, 0.717) is 30.5 Å². The molecule has 1 atom stereocenters. The molecule has 2 aromatic rings. The lowest BCUT2D eigenvalue weighted by molar-refractivity contribution is -0.0567. The maximum Gasteiger partial charge on any atom is 0.247 e. The van der Waals surface area contributed by atoms with Crippen molar-refractivity contribution in [3.63, 3.8) is 0 Å². The van der Waals surface area contributed by atoms with E-state index in [1.54, 1.807) is 7.11 Å². The van der Waals surface area contributed by atoms with Gasteiger partial charge in [0.2, 0.25) is 11.8 Å². The van der Waals surface area contributed by atoms with Crippen molar-refractivity contribution in [2.75, 3.05) is 59.5 Å². The van der Waals surface area contributed by atoms with Gasteiger partial charge >= 0.3 is 0 Å². The van der Waals surface area contributed by atoms with E-state index < -0.39 is 0 Å². The fourth-order valence-electron chi connectivity index (χ4n) is 4.10. The molecule has 1 unspecified atom stereocenters. The Hall–Kier alpha value is -2.00. The van der Waals surface area contributed by atoms with Crippen LogP contribution in [0.3, 0.4) is 0 Å². The van der Waals surface area contributed by atoms with Crippen molar-refractivity contribution in [1.82, 2.24) is 24.9 Å². The average Bonchev–Trinajstić information content (AvgIpc) is 3.24. The van der Waals surface area contributed by atoms with Crippen LogP contribution >= 0.6 is 0 Å². The Morgan fingerprint density at radius 2 is 1.77 bits per heavy atom. The van der Waals surface area contributed by atoms with Gasteiger partial charge in [0.1, 0.15) is 5.75 Å². The SMILES string of the molecule is COc1ccc(-c2nnc(CN3CCN(CC4CN(C(C)C)CCO4)CC3)o2)cc1. The lowest BCUT2D eigenvalue weighted by atomic mass is 10.2. The Kier molecular flexibility index (Phi) is 6.99. The number of nitrogens with zero attached hydrogens (tertiary/aromatic N) is 5. The quantitative estimate of drug-likeness (QED) is 0.680. The Morgan fingerprint density at radius 3 is 2.47 bits per heavy atom. The summed E-state index contributed by atoms with van der Waals surface area (Å²) in [6, 6.07) is 8.25. The van der Waals surface area contributed by atoms with Gasteiger partial charge in [-0.25, -0.2) is 0 Å². The molecule has 1 aromatic heterocycles. The summed E-state index contributed by atoms with van der Waals surface area (Å²) in [5.41, 5.74) is 0.905. The first-order valence-electron chi connectivity index (χ1n) is 10.9. The number of piperazine rings is 1. The number of hydrogen-bond acceptors (Lipinski definition) is 8. The minimum atomic E-state index is 0.315. The van der Waals surface area contributed by atoms with Crippen LogP contribution in [0.4, 0.5) is 0 Å². The first kappa shape index (κ1) is 21.2. The molecule has 0 amide bonds. The van der Waals surface area contributed by atoms with Gasteiger partial charge in [-0.1, -0.05) is 0 Å². The second-order valence-electron chi connectivity index (χ2n) is 8.39. The molecule has 0 bridgehead atoms. The van der Waals surface area contributed by atoms with Crippen LogP contribution in [0.2, 0.25) is 0 Å². The van der Waals surface area contributed by atoms with Gasteiger partial charge in [0.15, 0.2) is 0 Å². The molecule has 8 nitrogen and oxygen atoms in total. The van der Waals surface area contributed by atoms with Gasteiger partial charge < -0.3 is 13.9 Å². The molecule has 30 heavy (non-hydrogen) atoms. The predicted octanol–water partition coefficient (Wildman–Crippen LogP) is 1.97. The first-order chi connectivity index (χ1) is 14.6. The highest BCUT2D eigenvalue weighted by atomic mass is 16.5. The molecule has 1 aromatic carbocycles. The smallest absolute Gasteiger partial charge is 0.247 e. The van der Waals surface area contributed by atoms with E-state index in [2.05, 4.69) is 38.7 Å². The fourth-order valence-corrected chi connectivity index (χ4v) is 4.10. The van der Waals surface area contributed by atoms with Gasteiger partial charge in [0.25, 0.3) is 0 Å². The molecule has 0 aliphatic carbocycles. The number of methoxy groups -OCH3 is 1. The monoisotopic (exact) mass is 415 g/mol. The van der Waals surface area contributed by atoms with Crippen molar-refractivity contribution < 1.29 is 13.9 Å². The zero-order valence-corrected chi connectivity index (χ0v) is 18.3. The summed E-state index contributed by atoms with van der Waals surface area (Å²) in [6.07, 6.45) is 0.315. The zero-order chi connectivity index (χ0) is 20.9. The highest BCUT2D eigenvalue weighted by Crippen LogP contribution is 2.22. The molecule has 4 rings (SSSR count). The van der Waals surface area contributed by atoms with Gasteiger partial charge in [-0.05, 0) is 38.1 Å². The fraction of sp³-hybridized carbons (Fsp3) is 0.636. The van der Waals surface area contributed by atoms with Crippen LogP contribution in [0.5, 0.6) is 5.75 Å². The van der Waals surface area contributed by atoms with Gasteiger partial charge in [-0.2, -0.15) is 0 Å². The third-order valence-corrected chi connectivity index (χ3v) is 5.99. The van der Waals surface area contributed by atoms with E-state index in [0.717, 1.165) is 63.7 Å². The molecule has 0 N–H and O–H groups in total. The summed E-state index contributed by atoms with van der Waals surface area (Å²) in [4.78, 5) is 7.41. The van der Waals surface area contributed by atoms with Crippen molar-refractivity contribution in [2.45, 2.75) is 32.5 Å². The lowest BCUT2D eigenvalue weighted by Crippen LogP contribution is -2.53. The lowest BCUT2D eigenvalue weighted by Gasteiger charge is -2.40. The molecule has 2 fully saturated rings. The number of benzene rings is 1. The maximum absolute atomic E-state index is 6.00. The second kappa shape index (κ2) is 9.87. The normalized spacial score (nSPS) is 21.9. The van der Waals surface area contributed by atoms with E-state index in [1.165, 1.54) is 0 Å². The van der Waals surface area contributed by atoms with Gasteiger partial charge in [0, 0.05) is 57.4 Å². The topological polar surface area (TPSA) is 67.1 Å². The number of morpholine rings is 1. The van der Waals surface area contributed by atoms with Gasteiger partial charge in [-0.15, -0.1) is 10.2 Å². The molecule has 164 valence electrons. The van der Waals surface area contributed by atoms with Gasteiger partial charge in [-0.3, -0.25) is 14.7 Å². The first-order valence-corrected chi connectivity index (χ1v) is 10.9. The Labute approximate surface area is 178 Å². The van der Waals surface area contributed by atoms with Crippen molar-refractivity contribution in [1.29, 1.82) is 0 Å². The second-order valence-corrected chi connectivity index (χ2v) is 8.39. The van der Waals surface area contributed by atoms with Crippen LogP contribution in [0.15, 0.2) is 28.7 Å². The van der Waals surface area contributed by atoms with Crippen LogP contribution in [0, 0.1) is 0 Å². The van der Waals surface area contributed by atoms with E-state index >= 15 is 0 Å². The van der Waals surface area contributed by atoms with Crippen molar-refractivity contribution in [3.8, 4) is 17.2 Å². The third kappa shape index (κ3) is 5.37. The number of rotatable bonds is 7. The Morgan fingerprint density at radius 1 is 1.03 bits per heavy atom. The summed E-state index contributed by atoms with van der Waals surface area (Å²) in [5, 5.41) is 8.44. The molecule has 2 saturated heterocycles. The van der Waals surface area contributed by atoms with E-state index in [1.807, 2.05) is 24.3 Å². The number of hydrogen-bond donors (Lipinski definition) is 0. The summed E-state index contributed by atoms with van der Waals surface area (Å²) in [5.74, 6) is 2.03. The van der Waals surface area contributed by atoms with Crippen LogP contribution in [-0.4, -0.2) is 96.6 Å². The maximum atomic E-state index is 6.00. The predicted molar refractivity (Wildman–Crippen MR) is 114 cm³/mol. The molecule has 3 heterocycles. The molecule has 0 spiro atoms. The summed E-state index contributed by atoms with van der Waals surface area (Å²) >= 11 is 0. The summed E-state index contributed by atoms with van der Waals surface area (Å²) in [6.45, 7) is 13.2. The molecular formula is C22H33N5O3. The molecule has 2 aliphatic heterocycles. The zero-order valence-electron chi connectivity index (χ0n) is 18.3. The van der Waals surface area contributed by atoms with Crippen LogP contribution in [0.25, 0.3) is 11.5 Å². The molecule has 8 heteroatoms. The minimum Gasteiger partial charge on any atom is -0.497 e. The standard InChI is InChI=1S/C22H33N5O3/c1-17(2)27-12-13-29-20(15-27)14-25-8-10-26(11-9-25)16-21-23-24-22(30-21)18-4-6-19(28-3)7-5-18/h4-7,17,20H,8-16H2,1-3H3. The van der Waals surface area contributed by atoms with Crippen molar-refractivity contribution in [2.24, 2.45) is 0 Å². The van der Waals surface area contributed by atoms with Gasteiger partial charge in [0.05, 0.1) is 26.4 Å². The van der Waals surface area contributed by atoms with Crippen LogP contribution < -0.4 is 4.74 Å². The molecule has 0 radical (unpaired) electrons. The van der Waals surface area contributed by atoms with Crippen molar-refractivity contribution >= 4 is 0 Å². The van der Waals surface area contributed by atoms with Crippen molar-refractivity contribution in [3.05, 3.63) is 30.2 Å². The Balaban J connectivity index is 1.23.